The number of ether oxygens (including phenoxy) is 3. The smallest absolute Gasteiger partial charge is 0.282 e. The Balaban J connectivity index is 2.14. The molecule has 0 aliphatic carbocycles. The highest BCUT2D eigenvalue weighted by molar-refractivity contribution is 9.10. The topological polar surface area (TPSA) is 74.9 Å². The van der Waals surface area contributed by atoms with Gasteiger partial charge in [0.25, 0.3) is 5.56 Å². The number of hydrogen-bond acceptors (Lipinski definition) is 6. The monoisotopic (exact) mass is 459 g/mol. The van der Waals surface area contributed by atoms with Gasteiger partial charge in [0, 0.05) is 16.5 Å². The highest BCUT2D eigenvalue weighted by Gasteiger charge is 2.13. The van der Waals surface area contributed by atoms with Gasteiger partial charge in [0.1, 0.15) is 5.82 Å². The molecule has 1 heterocycles. The predicted octanol–water partition coefficient (Wildman–Crippen LogP) is 4.02. The molecule has 29 heavy (non-hydrogen) atoms. The van der Waals surface area contributed by atoms with E-state index in [-0.39, 0.29) is 5.56 Å². The van der Waals surface area contributed by atoms with Crippen molar-refractivity contribution in [3.63, 3.8) is 0 Å². The molecule has 7 nitrogen and oxygen atoms in total. The van der Waals surface area contributed by atoms with Crippen LogP contribution in [0.4, 0.5) is 0 Å². The lowest BCUT2D eigenvalue weighted by atomic mass is 10.2. The fourth-order valence-corrected chi connectivity index (χ4v) is 3.36. The lowest BCUT2D eigenvalue weighted by molar-refractivity contribution is 0.324. The van der Waals surface area contributed by atoms with Crippen LogP contribution < -0.4 is 19.8 Å². The minimum atomic E-state index is -0.219. The van der Waals surface area contributed by atoms with E-state index in [9.17, 15) is 4.79 Å². The molecule has 0 bridgehead atoms. The Labute approximate surface area is 177 Å². The lowest BCUT2D eigenvalue weighted by Gasteiger charge is -2.13. The Morgan fingerprint density at radius 3 is 2.38 bits per heavy atom. The van der Waals surface area contributed by atoms with Gasteiger partial charge in [-0.3, -0.25) is 4.79 Å². The number of benzene rings is 2. The van der Waals surface area contributed by atoms with E-state index in [0.717, 1.165) is 10.9 Å². The van der Waals surface area contributed by atoms with Crippen LogP contribution in [0.2, 0.25) is 0 Å². The van der Waals surface area contributed by atoms with Gasteiger partial charge in [-0.25, -0.2) is 4.98 Å². The van der Waals surface area contributed by atoms with Gasteiger partial charge in [0.2, 0.25) is 5.75 Å². The van der Waals surface area contributed by atoms with Crippen LogP contribution in [0.25, 0.3) is 10.9 Å². The first-order valence-corrected chi connectivity index (χ1v) is 9.87. The van der Waals surface area contributed by atoms with E-state index in [1.807, 2.05) is 19.1 Å². The molecule has 3 aromatic rings. The minimum absolute atomic E-state index is 0.219. The Morgan fingerprint density at radius 1 is 1.10 bits per heavy atom. The van der Waals surface area contributed by atoms with Gasteiger partial charge in [0.15, 0.2) is 11.5 Å². The highest BCUT2D eigenvalue weighted by Crippen LogP contribution is 2.37. The summed E-state index contributed by atoms with van der Waals surface area (Å²) in [4.78, 5) is 17.7. The molecular weight excluding hydrogens is 438 g/mol. The summed E-state index contributed by atoms with van der Waals surface area (Å²) in [6, 6.07) is 8.98. The molecular formula is C21H22BrN3O4. The lowest BCUT2D eigenvalue weighted by Crippen LogP contribution is -2.22. The molecule has 1 aromatic heterocycles. The van der Waals surface area contributed by atoms with Crippen molar-refractivity contribution in [2.45, 2.75) is 19.8 Å². The molecule has 0 fully saturated rings. The molecule has 0 atom stereocenters. The summed E-state index contributed by atoms with van der Waals surface area (Å²) in [5.74, 6) is 2.12. The van der Waals surface area contributed by atoms with Gasteiger partial charge in [-0.15, -0.1) is 0 Å². The Hall–Kier alpha value is -2.87. The third-order valence-electron chi connectivity index (χ3n) is 4.36. The summed E-state index contributed by atoms with van der Waals surface area (Å²) < 4.78 is 18.3. The SMILES string of the molecule is CCCc1nc2ccc(Br)cc2c(=O)n1N=Cc1cc(OC)c(OC)c(OC)c1. The molecule has 3 rings (SSSR count). The highest BCUT2D eigenvalue weighted by atomic mass is 79.9. The van der Waals surface area contributed by atoms with E-state index < -0.39 is 0 Å². The van der Waals surface area contributed by atoms with Crippen molar-refractivity contribution in [2.24, 2.45) is 5.10 Å². The molecule has 8 heteroatoms. The first-order valence-electron chi connectivity index (χ1n) is 9.07. The fourth-order valence-electron chi connectivity index (χ4n) is 3.00. The van der Waals surface area contributed by atoms with Crippen molar-refractivity contribution >= 4 is 33.0 Å². The quantitative estimate of drug-likeness (QED) is 0.498. The summed E-state index contributed by atoms with van der Waals surface area (Å²) in [6.07, 6.45) is 3.05. The number of aromatic nitrogens is 2. The van der Waals surface area contributed by atoms with Crippen molar-refractivity contribution in [2.75, 3.05) is 21.3 Å². The number of hydrogen-bond donors (Lipinski definition) is 0. The van der Waals surface area contributed by atoms with E-state index >= 15 is 0 Å². The average Bonchev–Trinajstić information content (AvgIpc) is 2.73. The molecule has 0 N–H and O–H groups in total. The summed E-state index contributed by atoms with van der Waals surface area (Å²) in [5.41, 5.74) is 1.13. The van der Waals surface area contributed by atoms with Crippen LogP contribution in [0, 0.1) is 0 Å². The van der Waals surface area contributed by atoms with Crippen LogP contribution >= 0.6 is 15.9 Å². The maximum Gasteiger partial charge on any atom is 0.282 e. The van der Waals surface area contributed by atoms with Gasteiger partial charge in [0.05, 0.1) is 38.4 Å². The van der Waals surface area contributed by atoms with E-state index in [2.05, 4.69) is 26.0 Å². The van der Waals surface area contributed by atoms with Crippen molar-refractivity contribution in [1.82, 2.24) is 9.66 Å². The number of methoxy groups -OCH3 is 3. The van der Waals surface area contributed by atoms with E-state index in [4.69, 9.17) is 14.2 Å². The number of rotatable bonds is 7. The predicted molar refractivity (Wildman–Crippen MR) is 117 cm³/mol. The average molecular weight is 460 g/mol. The van der Waals surface area contributed by atoms with Crippen LogP contribution in [0.3, 0.4) is 0 Å². The first kappa shape index (κ1) is 20.9. The standard InChI is InChI=1S/C21H22BrN3O4/c1-5-6-19-24-16-8-7-14(22)11-15(16)21(26)25(19)23-12-13-9-17(27-2)20(29-4)18(10-13)28-3/h7-12H,5-6H2,1-4H3. The van der Waals surface area contributed by atoms with Gasteiger partial charge in [-0.05, 0) is 36.8 Å². The summed E-state index contributed by atoms with van der Waals surface area (Å²) in [5, 5.41) is 4.93. The number of nitrogens with zero attached hydrogens (tertiary/aromatic N) is 3. The van der Waals surface area contributed by atoms with Crippen LogP contribution in [-0.2, 0) is 6.42 Å². The van der Waals surface area contributed by atoms with Gasteiger partial charge >= 0.3 is 0 Å². The third-order valence-corrected chi connectivity index (χ3v) is 4.85. The van der Waals surface area contributed by atoms with E-state index in [1.54, 1.807) is 45.7 Å². The summed E-state index contributed by atoms with van der Waals surface area (Å²) in [7, 11) is 4.64. The fraction of sp³-hybridized carbons (Fsp3) is 0.286. The Morgan fingerprint density at radius 2 is 1.79 bits per heavy atom. The molecule has 0 radical (unpaired) electrons. The zero-order valence-corrected chi connectivity index (χ0v) is 18.3. The molecule has 0 saturated heterocycles. The first-order chi connectivity index (χ1) is 14.0. The van der Waals surface area contributed by atoms with Crippen LogP contribution in [-0.4, -0.2) is 37.2 Å². The Bertz CT molecular complexity index is 1100. The zero-order valence-electron chi connectivity index (χ0n) is 16.7. The number of fused-ring (bicyclic) bond motifs is 1. The van der Waals surface area contributed by atoms with Crippen LogP contribution in [0.1, 0.15) is 24.7 Å². The van der Waals surface area contributed by atoms with E-state index in [0.29, 0.717) is 46.0 Å². The van der Waals surface area contributed by atoms with Crippen LogP contribution in [0.5, 0.6) is 17.2 Å². The molecule has 0 spiro atoms. The Kier molecular flexibility index (Phi) is 6.53. The second-order valence-corrected chi connectivity index (χ2v) is 7.18. The summed E-state index contributed by atoms with van der Waals surface area (Å²) in [6.45, 7) is 2.03. The summed E-state index contributed by atoms with van der Waals surface area (Å²) >= 11 is 3.41. The number of halogens is 1. The van der Waals surface area contributed by atoms with Crippen LogP contribution in [0.15, 0.2) is 44.7 Å². The number of aryl methyl sites for hydroxylation is 1. The maximum absolute atomic E-state index is 13.1. The van der Waals surface area contributed by atoms with Gasteiger partial charge in [-0.1, -0.05) is 22.9 Å². The largest absolute Gasteiger partial charge is 0.493 e. The van der Waals surface area contributed by atoms with Gasteiger partial charge < -0.3 is 14.2 Å². The van der Waals surface area contributed by atoms with E-state index in [1.165, 1.54) is 4.68 Å². The molecule has 0 amide bonds. The van der Waals surface area contributed by atoms with Crippen molar-refractivity contribution < 1.29 is 14.2 Å². The maximum atomic E-state index is 13.1. The molecule has 2 aromatic carbocycles. The second-order valence-electron chi connectivity index (χ2n) is 6.26. The van der Waals surface area contributed by atoms with Crippen molar-refractivity contribution in [3.05, 3.63) is 56.5 Å². The second kappa shape index (κ2) is 9.09. The molecule has 0 aliphatic heterocycles. The molecule has 0 unspecified atom stereocenters. The third kappa shape index (κ3) is 4.27. The molecule has 0 saturated carbocycles. The van der Waals surface area contributed by atoms with Gasteiger partial charge in [-0.2, -0.15) is 9.78 Å². The minimum Gasteiger partial charge on any atom is -0.493 e. The normalized spacial score (nSPS) is 11.2. The zero-order chi connectivity index (χ0) is 21.0. The van der Waals surface area contributed by atoms with Crippen molar-refractivity contribution in [1.29, 1.82) is 0 Å². The van der Waals surface area contributed by atoms with Crippen molar-refractivity contribution in [3.8, 4) is 17.2 Å². The molecule has 152 valence electrons. The molecule has 0 aliphatic rings.